The van der Waals surface area contributed by atoms with Crippen molar-refractivity contribution in [3.8, 4) is 5.75 Å². The quantitative estimate of drug-likeness (QED) is 0.277. The number of anilines is 1. The molecular formula is C29H32N6O2. The van der Waals surface area contributed by atoms with E-state index in [1.54, 1.807) is 0 Å². The maximum atomic E-state index is 12.7. The van der Waals surface area contributed by atoms with Gasteiger partial charge in [0.25, 0.3) is 5.91 Å². The minimum atomic E-state index is -0.0638. The number of rotatable bonds is 10. The van der Waals surface area contributed by atoms with Crippen LogP contribution < -0.4 is 15.8 Å². The second-order valence-electron chi connectivity index (χ2n) is 9.49. The number of carbonyl (C=O) groups excluding carboxylic acids is 1. The molecule has 8 heteroatoms. The Morgan fingerprint density at radius 2 is 1.86 bits per heavy atom. The van der Waals surface area contributed by atoms with Crippen LogP contribution >= 0.6 is 0 Å². The van der Waals surface area contributed by atoms with Crippen LogP contribution in [0.3, 0.4) is 0 Å². The van der Waals surface area contributed by atoms with Crippen LogP contribution in [0.25, 0.3) is 32.7 Å². The molecule has 0 bridgehead atoms. The number of unbranched alkanes of at least 4 members (excludes halogenated alkanes) is 1. The van der Waals surface area contributed by atoms with Crippen molar-refractivity contribution in [2.75, 3.05) is 39.5 Å². The third-order valence-corrected chi connectivity index (χ3v) is 6.47. The van der Waals surface area contributed by atoms with Crippen LogP contribution in [0.2, 0.25) is 0 Å². The molecule has 37 heavy (non-hydrogen) atoms. The molecule has 190 valence electrons. The van der Waals surface area contributed by atoms with Crippen LogP contribution in [-0.4, -0.2) is 59.1 Å². The van der Waals surface area contributed by atoms with Crippen LogP contribution in [0.15, 0.2) is 67.0 Å². The number of imidazole rings is 1. The molecule has 5 aromatic rings. The normalized spacial score (nSPS) is 11.5. The molecule has 5 rings (SSSR count). The van der Waals surface area contributed by atoms with Gasteiger partial charge in [0.2, 0.25) is 0 Å². The molecule has 2 aromatic heterocycles. The van der Waals surface area contributed by atoms with Gasteiger partial charge in [0.15, 0.2) is 5.82 Å². The fraction of sp³-hybridized carbons (Fsp3) is 0.276. The van der Waals surface area contributed by atoms with Crippen molar-refractivity contribution in [1.29, 1.82) is 0 Å². The van der Waals surface area contributed by atoms with Crippen molar-refractivity contribution < 1.29 is 9.53 Å². The zero-order chi connectivity index (χ0) is 25.8. The molecule has 0 saturated heterocycles. The van der Waals surface area contributed by atoms with Gasteiger partial charge in [-0.3, -0.25) is 4.79 Å². The second-order valence-corrected chi connectivity index (χ2v) is 9.49. The van der Waals surface area contributed by atoms with Gasteiger partial charge in [-0.15, -0.1) is 0 Å². The summed E-state index contributed by atoms with van der Waals surface area (Å²) >= 11 is 0. The summed E-state index contributed by atoms with van der Waals surface area (Å²) < 4.78 is 7.94. The van der Waals surface area contributed by atoms with Crippen LogP contribution in [0.1, 0.15) is 23.2 Å². The Balaban J connectivity index is 1.15. The topological polar surface area (TPSA) is 98.3 Å². The lowest BCUT2D eigenvalue weighted by Gasteiger charge is -2.12. The number of nitrogens with one attached hydrogen (secondary N) is 1. The SMILES string of the molecule is CN(C)CCOc1ccc2cc(C(=O)NCCCCn3cnc4c(N)nc5ccccc5c43)ccc2c1. The number of nitrogens with two attached hydrogens (primary N) is 1. The molecule has 3 N–H and O–H groups in total. The number of aryl methyl sites for hydroxylation is 1. The summed E-state index contributed by atoms with van der Waals surface area (Å²) in [6, 6.07) is 19.7. The summed E-state index contributed by atoms with van der Waals surface area (Å²) in [4.78, 5) is 23.8. The number of aromatic nitrogens is 3. The van der Waals surface area contributed by atoms with Gasteiger partial charge in [0.05, 0.1) is 17.4 Å². The Bertz CT molecular complexity index is 1560. The second kappa shape index (κ2) is 10.8. The highest BCUT2D eigenvalue weighted by molar-refractivity contribution is 6.06. The minimum Gasteiger partial charge on any atom is -0.492 e. The maximum absolute atomic E-state index is 12.7. The number of para-hydroxylation sites is 1. The van der Waals surface area contributed by atoms with E-state index in [0.717, 1.165) is 64.4 Å². The van der Waals surface area contributed by atoms with Crippen molar-refractivity contribution in [1.82, 2.24) is 24.8 Å². The molecule has 1 amide bonds. The Morgan fingerprint density at radius 3 is 2.73 bits per heavy atom. The highest BCUT2D eigenvalue weighted by atomic mass is 16.5. The molecule has 0 unspecified atom stereocenters. The predicted octanol–water partition coefficient (Wildman–Crippen LogP) is 4.47. The fourth-order valence-electron chi connectivity index (χ4n) is 4.49. The molecule has 0 aliphatic heterocycles. The van der Waals surface area contributed by atoms with Gasteiger partial charge in [-0.25, -0.2) is 9.97 Å². The number of nitrogen functional groups attached to an aromatic ring is 1. The van der Waals surface area contributed by atoms with E-state index in [1.165, 1.54) is 0 Å². The predicted molar refractivity (Wildman–Crippen MR) is 149 cm³/mol. The Morgan fingerprint density at radius 1 is 1.05 bits per heavy atom. The summed E-state index contributed by atoms with van der Waals surface area (Å²) in [6.07, 6.45) is 3.57. The summed E-state index contributed by atoms with van der Waals surface area (Å²) in [5.41, 5.74) is 9.39. The van der Waals surface area contributed by atoms with Crippen LogP contribution in [-0.2, 0) is 6.54 Å². The van der Waals surface area contributed by atoms with E-state index in [2.05, 4.69) is 24.8 Å². The Hall–Kier alpha value is -4.17. The zero-order valence-electron chi connectivity index (χ0n) is 21.3. The van der Waals surface area contributed by atoms with Crippen molar-refractivity contribution in [3.05, 3.63) is 72.6 Å². The van der Waals surface area contributed by atoms with Crippen LogP contribution in [0.4, 0.5) is 5.82 Å². The third kappa shape index (κ3) is 5.49. The van der Waals surface area contributed by atoms with E-state index < -0.39 is 0 Å². The average molecular weight is 497 g/mol. The number of pyridine rings is 1. The van der Waals surface area contributed by atoms with Gasteiger partial charge in [-0.05, 0) is 68.0 Å². The molecule has 2 heterocycles. The molecule has 0 aliphatic rings. The van der Waals surface area contributed by atoms with Crippen LogP contribution in [0.5, 0.6) is 5.75 Å². The van der Waals surface area contributed by atoms with Crippen molar-refractivity contribution >= 4 is 44.4 Å². The van der Waals surface area contributed by atoms with E-state index in [1.807, 2.05) is 81.1 Å². The molecule has 0 fully saturated rings. The summed E-state index contributed by atoms with van der Waals surface area (Å²) in [5, 5.41) is 6.15. The lowest BCUT2D eigenvalue weighted by Crippen LogP contribution is -2.24. The number of amides is 1. The number of likely N-dealkylation sites (N-methyl/N-ethyl adjacent to an activating group) is 1. The maximum Gasteiger partial charge on any atom is 0.251 e. The molecule has 0 saturated carbocycles. The largest absolute Gasteiger partial charge is 0.492 e. The minimum absolute atomic E-state index is 0.0638. The average Bonchev–Trinajstić information content (AvgIpc) is 3.33. The molecular weight excluding hydrogens is 464 g/mol. The number of ether oxygens (including phenoxy) is 1. The van der Waals surface area contributed by atoms with Gasteiger partial charge < -0.3 is 25.3 Å². The molecule has 8 nitrogen and oxygen atoms in total. The van der Waals surface area contributed by atoms with Crippen molar-refractivity contribution in [2.45, 2.75) is 19.4 Å². The number of benzene rings is 3. The number of nitrogens with zero attached hydrogens (tertiary/aromatic N) is 4. The lowest BCUT2D eigenvalue weighted by molar-refractivity contribution is 0.0953. The summed E-state index contributed by atoms with van der Waals surface area (Å²) in [5.74, 6) is 1.22. The van der Waals surface area contributed by atoms with Gasteiger partial charge in [-0.2, -0.15) is 0 Å². The first-order valence-corrected chi connectivity index (χ1v) is 12.6. The fourth-order valence-corrected chi connectivity index (χ4v) is 4.49. The molecule has 0 radical (unpaired) electrons. The number of carbonyl (C=O) groups is 1. The highest BCUT2D eigenvalue weighted by Crippen LogP contribution is 2.27. The molecule has 3 aromatic carbocycles. The first-order valence-electron chi connectivity index (χ1n) is 12.6. The number of fused-ring (bicyclic) bond motifs is 4. The van der Waals surface area contributed by atoms with Gasteiger partial charge >= 0.3 is 0 Å². The van der Waals surface area contributed by atoms with Crippen molar-refractivity contribution in [2.24, 2.45) is 0 Å². The highest BCUT2D eigenvalue weighted by Gasteiger charge is 2.12. The zero-order valence-corrected chi connectivity index (χ0v) is 21.3. The Kier molecular flexibility index (Phi) is 7.18. The van der Waals surface area contributed by atoms with Crippen molar-refractivity contribution in [3.63, 3.8) is 0 Å². The van der Waals surface area contributed by atoms with E-state index in [4.69, 9.17) is 10.5 Å². The number of hydrogen-bond donors (Lipinski definition) is 2. The summed E-state index contributed by atoms with van der Waals surface area (Å²) in [6.45, 7) is 2.89. The summed E-state index contributed by atoms with van der Waals surface area (Å²) in [7, 11) is 4.04. The smallest absolute Gasteiger partial charge is 0.251 e. The van der Waals surface area contributed by atoms with Gasteiger partial charge in [0, 0.05) is 30.6 Å². The lowest BCUT2D eigenvalue weighted by atomic mass is 10.1. The standard InChI is InChI=1S/C29H32N6O2/c1-34(2)15-16-37-23-12-11-20-17-22(10-9-21(20)18-23)29(36)31-13-5-6-14-35-19-32-26-27(35)24-7-3-4-8-25(24)33-28(26)30/h3-4,7-12,17-19H,5-6,13-16H2,1-2H3,(H2,30,33)(H,31,36). The van der Waals surface area contributed by atoms with E-state index in [9.17, 15) is 4.79 Å². The first-order chi connectivity index (χ1) is 18.0. The van der Waals surface area contributed by atoms with E-state index >= 15 is 0 Å². The molecule has 0 spiro atoms. The van der Waals surface area contributed by atoms with Gasteiger partial charge in [-0.1, -0.05) is 30.3 Å². The van der Waals surface area contributed by atoms with Crippen LogP contribution in [0, 0.1) is 0 Å². The molecule has 0 atom stereocenters. The number of hydrogen-bond acceptors (Lipinski definition) is 6. The monoisotopic (exact) mass is 496 g/mol. The first kappa shape index (κ1) is 24.5. The van der Waals surface area contributed by atoms with E-state index in [-0.39, 0.29) is 5.91 Å². The van der Waals surface area contributed by atoms with Gasteiger partial charge in [0.1, 0.15) is 17.9 Å². The Labute approximate surface area is 216 Å². The third-order valence-electron chi connectivity index (χ3n) is 6.47. The van der Waals surface area contributed by atoms with E-state index in [0.29, 0.717) is 24.5 Å². The molecule has 0 aliphatic carbocycles.